The summed E-state index contributed by atoms with van der Waals surface area (Å²) in [5, 5.41) is 8.51. The molecule has 0 bridgehead atoms. The van der Waals surface area contributed by atoms with Crippen LogP contribution in [0.2, 0.25) is 0 Å². The summed E-state index contributed by atoms with van der Waals surface area (Å²) in [6, 6.07) is 0. The topological polar surface area (TPSA) is 71.4 Å². The summed E-state index contributed by atoms with van der Waals surface area (Å²) < 4.78 is 22.1. The molecule has 70 valence electrons. The van der Waals surface area contributed by atoms with Gasteiger partial charge in [0.2, 0.25) is 0 Å². The number of ketones is 1. The summed E-state index contributed by atoms with van der Waals surface area (Å²) in [4.78, 5) is 10.9. The predicted molar refractivity (Wildman–Crippen MR) is 43.5 cm³/mol. The zero-order chi connectivity index (χ0) is 9.19. The Morgan fingerprint density at radius 3 is 2.67 bits per heavy atom. The van der Waals surface area contributed by atoms with E-state index in [2.05, 4.69) is 0 Å². The molecule has 1 aliphatic rings. The third-order valence-corrected chi connectivity index (χ3v) is 3.90. The van der Waals surface area contributed by atoms with E-state index in [4.69, 9.17) is 5.11 Å². The third kappa shape index (κ3) is 2.28. The van der Waals surface area contributed by atoms with E-state index in [1.165, 1.54) is 0 Å². The van der Waals surface area contributed by atoms with Crippen LogP contribution in [0.5, 0.6) is 0 Å². The first-order valence-corrected chi connectivity index (χ1v) is 5.71. The highest BCUT2D eigenvalue weighted by Crippen LogP contribution is 2.18. The number of carbonyl (C=O) groups is 1. The van der Waals surface area contributed by atoms with Crippen molar-refractivity contribution in [3.63, 3.8) is 0 Å². The molecule has 0 aromatic carbocycles. The number of hydrogen-bond donors (Lipinski definition) is 1. The molecule has 0 aromatic heterocycles. The number of aliphatic hydroxyl groups is 1. The standard InChI is InChI=1S/C7H12O4S/c8-4-7(9)6-2-1-3-12(10,11)5-6/h6,8H,1-5H2. The Balaban J connectivity index is 2.64. The lowest BCUT2D eigenvalue weighted by molar-refractivity contribution is -0.125. The fraction of sp³-hybridized carbons (Fsp3) is 0.857. The van der Waals surface area contributed by atoms with Crippen molar-refractivity contribution in [2.45, 2.75) is 12.8 Å². The Labute approximate surface area is 71.5 Å². The van der Waals surface area contributed by atoms with Gasteiger partial charge in [0.05, 0.1) is 11.5 Å². The van der Waals surface area contributed by atoms with E-state index in [9.17, 15) is 13.2 Å². The van der Waals surface area contributed by atoms with Crippen LogP contribution in [-0.4, -0.2) is 37.4 Å². The molecule has 1 unspecified atom stereocenters. The van der Waals surface area contributed by atoms with Gasteiger partial charge in [-0.05, 0) is 12.8 Å². The largest absolute Gasteiger partial charge is 0.389 e. The van der Waals surface area contributed by atoms with E-state index in [0.29, 0.717) is 12.8 Å². The minimum absolute atomic E-state index is 0.0770. The zero-order valence-corrected chi connectivity index (χ0v) is 7.51. The molecule has 0 spiro atoms. The van der Waals surface area contributed by atoms with Gasteiger partial charge in [0.15, 0.2) is 15.6 Å². The molecule has 1 heterocycles. The summed E-state index contributed by atoms with van der Waals surface area (Å²) in [6.07, 6.45) is 1.14. The van der Waals surface area contributed by atoms with Crippen molar-refractivity contribution >= 4 is 15.6 Å². The van der Waals surface area contributed by atoms with Crippen LogP contribution in [0, 0.1) is 5.92 Å². The molecule has 4 nitrogen and oxygen atoms in total. The number of aliphatic hydroxyl groups excluding tert-OH is 1. The van der Waals surface area contributed by atoms with Gasteiger partial charge in [0, 0.05) is 5.92 Å². The second kappa shape index (κ2) is 3.53. The van der Waals surface area contributed by atoms with Gasteiger partial charge in [0.1, 0.15) is 6.61 Å². The summed E-state index contributed by atoms with van der Waals surface area (Å²) in [5.74, 6) is -0.707. The molecule has 12 heavy (non-hydrogen) atoms. The normalized spacial score (nSPS) is 28.2. The van der Waals surface area contributed by atoms with Crippen LogP contribution in [0.1, 0.15) is 12.8 Å². The van der Waals surface area contributed by atoms with E-state index in [-0.39, 0.29) is 17.3 Å². The van der Waals surface area contributed by atoms with Gasteiger partial charge in [-0.2, -0.15) is 0 Å². The number of hydrogen-bond acceptors (Lipinski definition) is 4. The SMILES string of the molecule is O=C(CO)C1CCCS(=O)(=O)C1. The molecule has 0 aliphatic carbocycles. The Morgan fingerprint density at radius 2 is 2.17 bits per heavy atom. The summed E-state index contributed by atoms with van der Waals surface area (Å²) in [6.45, 7) is -0.541. The lowest BCUT2D eigenvalue weighted by Gasteiger charge is -2.19. The first kappa shape index (κ1) is 9.67. The highest BCUT2D eigenvalue weighted by molar-refractivity contribution is 7.91. The molecule has 1 N–H and O–H groups in total. The number of Topliss-reactive ketones (excluding diaryl/α,β-unsaturated/α-hetero) is 1. The van der Waals surface area contributed by atoms with Crippen molar-refractivity contribution < 1.29 is 18.3 Å². The Hall–Kier alpha value is -0.420. The van der Waals surface area contributed by atoms with Crippen LogP contribution in [0.3, 0.4) is 0 Å². The van der Waals surface area contributed by atoms with Crippen LogP contribution in [0.15, 0.2) is 0 Å². The van der Waals surface area contributed by atoms with Crippen LogP contribution in [-0.2, 0) is 14.6 Å². The third-order valence-electron chi connectivity index (χ3n) is 2.07. The maximum atomic E-state index is 11.0. The lowest BCUT2D eigenvalue weighted by Crippen LogP contribution is -2.31. The first-order valence-electron chi connectivity index (χ1n) is 3.89. The second-order valence-corrected chi connectivity index (χ2v) is 5.31. The molecule has 5 heteroatoms. The van der Waals surface area contributed by atoms with Crippen molar-refractivity contribution in [1.29, 1.82) is 0 Å². The molecular formula is C7H12O4S. The summed E-state index contributed by atoms with van der Waals surface area (Å²) >= 11 is 0. The molecule has 1 saturated heterocycles. The van der Waals surface area contributed by atoms with E-state index in [0.717, 1.165) is 0 Å². The minimum Gasteiger partial charge on any atom is -0.389 e. The maximum absolute atomic E-state index is 11.0. The van der Waals surface area contributed by atoms with Crippen LogP contribution in [0.4, 0.5) is 0 Å². The number of carbonyl (C=O) groups excluding carboxylic acids is 1. The van der Waals surface area contributed by atoms with Crippen molar-refractivity contribution in [3.8, 4) is 0 Å². The smallest absolute Gasteiger partial charge is 0.162 e. The molecule has 1 fully saturated rings. The maximum Gasteiger partial charge on any atom is 0.162 e. The van der Waals surface area contributed by atoms with Gasteiger partial charge in [-0.25, -0.2) is 8.42 Å². The monoisotopic (exact) mass is 192 g/mol. The van der Waals surface area contributed by atoms with Crippen molar-refractivity contribution in [2.75, 3.05) is 18.1 Å². The molecule has 0 amide bonds. The fourth-order valence-corrected chi connectivity index (χ4v) is 3.14. The Morgan fingerprint density at radius 1 is 1.50 bits per heavy atom. The van der Waals surface area contributed by atoms with E-state index in [1.54, 1.807) is 0 Å². The van der Waals surface area contributed by atoms with Crippen LogP contribution >= 0.6 is 0 Å². The molecule has 0 aromatic rings. The van der Waals surface area contributed by atoms with Gasteiger partial charge in [-0.1, -0.05) is 0 Å². The van der Waals surface area contributed by atoms with Gasteiger partial charge < -0.3 is 5.11 Å². The quantitative estimate of drug-likeness (QED) is 0.632. The zero-order valence-electron chi connectivity index (χ0n) is 6.69. The highest BCUT2D eigenvalue weighted by Gasteiger charge is 2.28. The van der Waals surface area contributed by atoms with Crippen molar-refractivity contribution in [2.24, 2.45) is 5.92 Å². The van der Waals surface area contributed by atoms with Crippen LogP contribution < -0.4 is 0 Å². The van der Waals surface area contributed by atoms with Gasteiger partial charge in [-0.15, -0.1) is 0 Å². The fourth-order valence-electron chi connectivity index (χ4n) is 1.41. The molecular weight excluding hydrogens is 180 g/mol. The van der Waals surface area contributed by atoms with Crippen molar-refractivity contribution in [1.82, 2.24) is 0 Å². The number of rotatable bonds is 2. The van der Waals surface area contributed by atoms with Crippen molar-refractivity contribution in [3.05, 3.63) is 0 Å². The Bertz CT molecular complexity index is 267. The van der Waals surface area contributed by atoms with E-state index in [1.807, 2.05) is 0 Å². The van der Waals surface area contributed by atoms with E-state index < -0.39 is 22.4 Å². The summed E-state index contributed by atoms with van der Waals surface area (Å²) in [5.41, 5.74) is 0. The molecule has 1 atom stereocenters. The molecule has 0 radical (unpaired) electrons. The predicted octanol–water partition coefficient (Wildman–Crippen LogP) is -0.627. The lowest BCUT2D eigenvalue weighted by atomic mass is 10.0. The minimum atomic E-state index is -3.02. The second-order valence-electron chi connectivity index (χ2n) is 3.08. The first-order chi connectivity index (χ1) is 5.55. The van der Waals surface area contributed by atoms with Gasteiger partial charge >= 0.3 is 0 Å². The molecule has 1 rings (SSSR count). The number of sulfone groups is 1. The molecule has 0 saturated carbocycles. The van der Waals surface area contributed by atoms with E-state index >= 15 is 0 Å². The summed E-state index contributed by atoms with van der Waals surface area (Å²) in [7, 11) is -3.02. The van der Waals surface area contributed by atoms with Crippen LogP contribution in [0.25, 0.3) is 0 Å². The van der Waals surface area contributed by atoms with Gasteiger partial charge in [-0.3, -0.25) is 4.79 Å². The van der Waals surface area contributed by atoms with Gasteiger partial charge in [0.25, 0.3) is 0 Å². The average molecular weight is 192 g/mol. The Kier molecular flexibility index (Phi) is 2.85. The highest BCUT2D eigenvalue weighted by atomic mass is 32.2. The molecule has 1 aliphatic heterocycles. The average Bonchev–Trinajstić information content (AvgIpc) is 2.01.